The highest BCUT2D eigenvalue weighted by Crippen LogP contribution is 2.22. The molecule has 1 saturated heterocycles. The number of hydrogen-bond acceptors (Lipinski definition) is 3. The number of nitrogens with one attached hydrogen (secondary N) is 1. The van der Waals surface area contributed by atoms with Crippen LogP contribution in [-0.4, -0.2) is 30.4 Å². The van der Waals surface area contributed by atoms with Crippen LogP contribution in [0.2, 0.25) is 0 Å². The maximum atomic E-state index is 12.2. The van der Waals surface area contributed by atoms with Gasteiger partial charge in [-0.1, -0.05) is 18.2 Å². The smallest absolute Gasteiger partial charge is 0.239 e. The first-order chi connectivity index (χ1) is 9.25. The third kappa shape index (κ3) is 2.36. The van der Waals surface area contributed by atoms with Gasteiger partial charge in [-0.05, 0) is 25.5 Å². The Morgan fingerprint density at radius 1 is 1.47 bits per heavy atom. The van der Waals surface area contributed by atoms with E-state index >= 15 is 0 Å². The number of carbonyl (C=O) groups excluding carboxylic acids is 1. The maximum Gasteiger partial charge on any atom is 0.239 e. The van der Waals surface area contributed by atoms with Crippen LogP contribution >= 0.6 is 0 Å². The molecule has 1 N–H and O–H groups in total. The van der Waals surface area contributed by atoms with E-state index in [4.69, 9.17) is 4.42 Å². The molecular formula is C15H18N2O2. The van der Waals surface area contributed by atoms with Crippen LogP contribution in [0.1, 0.15) is 18.4 Å². The molecule has 4 nitrogen and oxygen atoms in total. The molecule has 1 unspecified atom stereocenters. The van der Waals surface area contributed by atoms with Crippen molar-refractivity contribution in [2.24, 2.45) is 0 Å². The Balaban J connectivity index is 1.75. The largest absolute Gasteiger partial charge is 0.464 e. The van der Waals surface area contributed by atoms with Gasteiger partial charge in [-0.2, -0.15) is 0 Å². The van der Waals surface area contributed by atoms with Gasteiger partial charge < -0.3 is 14.6 Å². The fourth-order valence-corrected chi connectivity index (χ4v) is 2.65. The summed E-state index contributed by atoms with van der Waals surface area (Å²) in [7, 11) is 1.85. The fourth-order valence-electron chi connectivity index (χ4n) is 2.65. The average Bonchev–Trinajstić information content (AvgIpc) is 3.08. The van der Waals surface area contributed by atoms with Crippen molar-refractivity contribution in [3.63, 3.8) is 0 Å². The minimum absolute atomic E-state index is 0.0110. The molecule has 0 bridgehead atoms. The summed E-state index contributed by atoms with van der Waals surface area (Å²) in [6, 6.07) is 7.90. The second-order valence-electron chi connectivity index (χ2n) is 5.10. The summed E-state index contributed by atoms with van der Waals surface area (Å²) in [5.41, 5.74) is 1.93. The molecule has 0 saturated carbocycles. The van der Waals surface area contributed by atoms with E-state index in [1.54, 1.807) is 11.2 Å². The maximum absolute atomic E-state index is 12.2. The van der Waals surface area contributed by atoms with E-state index in [0.29, 0.717) is 6.54 Å². The molecule has 1 fully saturated rings. The van der Waals surface area contributed by atoms with Crippen LogP contribution in [0.4, 0.5) is 0 Å². The first-order valence-corrected chi connectivity index (χ1v) is 6.69. The Morgan fingerprint density at radius 3 is 3.11 bits per heavy atom. The van der Waals surface area contributed by atoms with Crippen molar-refractivity contribution in [1.82, 2.24) is 10.2 Å². The molecule has 1 aliphatic rings. The van der Waals surface area contributed by atoms with Crippen LogP contribution in [0.3, 0.4) is 0 Å². The molecule has 19 heavy (non-hydrogen) atoms. The third-order valence-corrected chi connectivity index (χ3v) is 3.70. The first-order valence-electron chi connectivity index (χ1n) is 6.69. The molecule has 1 amide bonds. The lowest BCUT2D eigenvalue weighted by atomic mass is 10.1. The van der Waals surface area contributed by atoms with E-state index < -0.39 is 0 Å². The van der Waals surface area contributed by atoms with Crippen LogP contribution in [0.5, 0.6) is 0 Å². The molecular weight excluding hydrogens is 240 g/mol. The van der Waals surface area contributed by atoms with Gasteiger partial charge in [0.15, 0.2) is 0 Å². The van der Waals surface area contributed by atoms with Gasteiger partial charge in [-0.15, -0.1) is 0 Å². The number of benzene rings is 1. The average molecular weight is 258 g/mol. The van der Waals surface area contributed by atoms with Gasteiger partial charge in [0.05, 0.1) is 12.3 Å². The Morgan fingerprint density at radius 2 is 2.32 bits per heavy atom. The molecule has 3 rings (SSSR count). The van der Waals surface area contributed by atoms with Crippen LogP contribution in [0, 0.1) is 0 Å². The number of para-hydroxylation sites is 1. The summed E-state index contributed by atoms with van der Waals surface area (Å²) in [6.07, 6.45) is 3.77. The van der Waals surface area contributed by atoms with Gasteiger partial charge in [0.25, 0.3) is 0 Å². The molecule has 4 heteroatoms. The minimum atomic E-state index is -0.0110. The molecule has 2 heterocycles. The van der Waals surface area contributed by atoms with Crippen LogP contribution in [0.25, 0.3) is 11.0 Å². The fraction of sp³-hybridized carbons (Fsp3) is 0.400. The first kappa shape index (κ1) is 12.2. The molecule has 1 aliphatic heterocycles. The van der Waals surface area contributed by atoms with Crippen molar-refractivity contribution in [1.29, 1.82) is 0 Å². The van der Waals surface area contributed by atoms with Crippen molar-refractivity contribution in [3.8, 4) is 0 Å². The highest BCUT2D eigenvalue weighted by molar-refractivity contribution is 5.84. The Labute approximate surface area is 112 Å². The quantitative estimate of drug-likeness (QED) is 0.917. The van der Waals surface area contributed by atoms with E-state index in [1.807, 2.05) is 31.3 Å². The SMILES string of the molecule is CN(Cc1coc2ccccc12)C(=O)C1CCCN1. The summed E-state index contributed by atoms with van der Waals surface area (Å²) in [6.45, 7) is 1.53. The van der Waals surface area contributed by atoms with Gasteiger partial charge in [0.1, 0.15) is 5.58 Å². The van der Waals surface area contributed by atoms with E-state index in [2.05, 4.69) is 5.32 Å². The van der Waals surface area contributed by atoms with Gasteiger partial charge in [-0.3, -0.25) is 4.79 Å². The molecule has 0 aliphatic carbocycles. The van der Waals surface area contributed by atoms with Crippen molar-refractivity contribution in [2.45, 2.75) is 25.4 Å². The summed E-state index contributed by atoms with van der Waals surface area (Å²) in [5.74, 6) is 0.169. The second kappa shape index (κ2) is 5.05. The predicted octanol–water partition coefficient (Wildman–Crippen LogP) is 2.14. The highest BCUT2D eigenvalue weighted by atomic mass is 16.3. The minimum Gasteiger partial charge on any atom is -0.464 e. The number of likely N-dealkylation sites (N-methyl/N-ethyl adjacent to an activating group) is 1. The molecule has 0 radical (unpaired) electrons. The third-order valence-electron chi connectivity index (χ3n) is 3.70. The van der Waals surface area contributed by atoms with Crippen molar-refractivity contribution >= 4 is 16.9 Å². The van der Waals surface area contributed by atoms with Gasteiger partial charge in [0, 0.05) is 24.5 Å². The zero-order valence-corrected chi connectivity index (χ0v) is 11.1. The van der Waals surface area contributed by atoms with E-state index in [0.717, 1.165) is 35.9 Å². The molecule has 1 aromatic heterocycles. The van der Waals surface area contributed by atoms with Gasteiger partial charge in [-0.25, -0.2) is 0 Å². The molecule has 100 valence electrons. The van der Waals surface area contributed by atoms with Crippen molar-refractivity contribution in [3.05, 3.63) is 36.1 Å². The van der Waals surface area contributed by atoms with Crippen LogP contribution in [0.15, 0.2) is 34.9 Å². The van der Waals surface area contributed by atoms with Crippen molar-refractivity contribution in [2.75, 3.05) is 13.6 Å². The number of amides is 1. The Bertz CT molecular complexity index is 585. The molecule has 2 aromatic rings. The number of carbonyl (C=O) groups is 1. The van der Waals surface area contributed by atoms with Gasteiger partial charge in [0.2, 0.25) is 5.91 Å². The number of rotatable bonds is 3. The summed E-state index contributed by atoms with van der Waals surface area (Å²) < 4.78 is 5.50. The molecule has 1 atom stereocenters. The predicted molar refractivity (Wildman–Crippen MR) is 73.7 cm³/mol. The lowest BCUT2D eigenvalue weighted by Crippen LogP contribution is -2.41. The lowest BCUT2D eigenvalue weighted by molar-refractivity contribution is -0.132. The number of fused-ring (bicyclic) bond motifs is 1. The standard InChI is InChI=1S/C15H18N2O2/c1-17(15(18)13-6-4-8-16-13)9-11-10-19-14-7-3-2-5-12(11)14/h2-3,5,7,10,13,16H,4,6,8-9H2,1H3. The lowest BCUT2D eigenvalue weighted by Gasteiger charge is -2.20. The number of furan rings is 1. The van der Waals surface area contributed by atoms with Crippen LogP contribution in [-0.2, 0) is 11.3 Å². The van der Waals surface area contributed by atoms with E-state index in [9.17, 15) is 4.79 Å². The molecule has 1 aromatic carbocycles. The topological polar surface area (TPSA) is 45.5 Å². The zero-order chi connectivity index (χ0) is 13.2. The molecule has 0 spiro atoms. The van der Waals surface area contributed by atoms with E-state index in [-0.39, 0.29) is 11.9 Å². The van der Waals surface area contributed by atoms with Gasteiger partial charge >= 0.3 is 0 Å². The van der Waals surface area contributed by atoms with E-state index in [1.165, 1.54) is 0 Å². The second-order valence-corrected chi connectivity index (χ2v) is 5.10. The summed E-state index contributed by atoms with van der Waals surface area (Å²) >= 11 is 0. The number of hydrogen-bond donors (Lipinski definition) is 1. The number of nitrogens with zero attached hydrogens (tertiary/aromatic N) is 1. The summed E-state index contributed by atoms with van der Waals surface area (Å²) in [5, 5.41) is 4.32. The normalized spacial score (nSPS) is 18.9. The van der Waals surface area contributed by atoms with Crippen molar-refractivity contribution < 1.29 is 9.21 Å². The zero-order valence-electron chi connectivity index (χ0n) is 11.1. The monoisotopic (exact) mass is 258 g/mol. The Hall–Kier alpha value is -1.81. The highest BCUT2D eigenvalue weighted by Gasteiger charge is 2.25. The Kier molecular flexibility index (Phi) is 3.25. The summed E-state index contributed by atoms with van der Waals surface area (Å²) in [4.78, 5) is 14.0. The van der Waals surface area contributed by atoms with Crippen LogP contribution < -0.4 is 5.32 Å².